The van der Waals surface area contributed by atoms with Gasteiger partial charge in [-0.2, -0.15) is 4.72 Å². The first-order valence-electron chi connectivity index (χ1n) is 5.01. The van der Waals surface area contributed by atoms with Gasteiger partial charge in [0.15, 0.2) is 5.03 Å². The predicted molar refractivity (Wildman–Crippen MR) is 59.8 cm³/mol. The van der Waals surface area contributed by atoms with Crippen LogP contribution in [-0.2, 0) is 26.1 Å². The maximum absolute atomic E-state index is 11.7. The van der Waals surface area contributed by atoms with Gasteiger partial charge in [-0.1, -0.05) is 0 Å². The van der Waals surface area contributed by atoms with E-state index in [0.29, 0.717) is 12.4 Å². The fourth-order valence-electron chi connectivity index (χ4n) is 1.23. The van der Waals surface area contributed by atoms with Crippen molar-refractivity contribution in [2.45, 2.75) is 25.4 Å². The highest BCUT2D eigenvalue weighted by Gasteiger charge is 2.19. The van der Waals surface area contributed by atoms with Crippen molar-refractivity contribution in [2.24, 2.45) is 0 Å². The molecule has 0 aliphatic carbocycles. The van der Waals surface area contributed by atoms with Crippen LogP contribution in [0.2, 0.25) is 0 Å². The summed E-state index contributed by atoms with van der Waals surface area (Å²) in [6, 6.07) is 0. The zero-order chi connectivity index (χ0) is 13.1. The Balaban J connectivity index is 2.86. The van der Waals surface area contributed by atoms with Gasteiger partial charge in [-0.25, -0.2) is 13.4 Å². The van der Waals surface area contributed by atoms with Gasteiger partial charge in [-0.05, 0) is 13.8 Å². The van der Waals surface area contributed by atoms with Crippen LogP contribution in [0.25, 0.3) is 0 Å². The monoisotopic (exact) mass is 261 g/mol. The highest BCUT2D eigenvalue weighted by atomic mass is 32.2. The van der Waals surface area contributed by atoms with Crippen LogP contribution in [0.5, 0.6) is 0 Å². The zero-order valence-corrected chi connectivity index (χ0v) is 10.7. The van der Waals surface area contributed by atoms with E-state index in [-0.39, 0.29) is 5.03 Å². The van der Waals surface area contributed by atoms with Crippen LogP contribution in [-0.4, -0.2) is 37.6 Å². The lowest BCUT2D eigenvalue weighted by Gasteiger charge is -2.02. The summed E-state index contributed by atoms with van der Waals surface area (Å²) in [4.78, 5) is 14.8. The molecule has 1 heterocycles. The maximum Gasteiger partial charge on any atom is 0.320 e. The Labute approximate surface area is 99.8 Å². The number of carbonyl (C=O) groups excluding carboxylic acids is 1. The molecule has 0 atom stereocenters. The first-order chi connectivity index (χ1) is 7.90. The van der Waals surface area contributed by atoms with E-state index in [9.17, 15) is 13.2 Å². The van der Waals surface area contributed by atoms with Crippen molar-refractivity contribution >= 4 is 16.0 Å². The molecule has 17 heavy (non-hydrogen) atoms. The van der Waals surface area contributed by atoms with E-state index in [1.54, 1.807) is 11.5 Å². The zero-order valence-electron chi connectivity index (χ0n) is 9.93. The molecular weight excluding hydrogens is 246 g/mol. The van der Waals surface area contributed by atoms with Crippen molar-refractivity contribution in [1.82, 2.24) is 14.3 Å². The molecular formula is C9H15N3O4S. The molecule has 8 heteroatoms. The van der Waals surface area contributed by atoms with Gasteiger partial charge in [0.1, 0.15) is 12.4 Å². The van der Waals surface area contributed by atoms with Crippen LogP contribution in [0.3, 0.4) is 0 Å². The van der Waals surface area contributed by atoms with Crippen LogP contribution >= 0.6 is 0 Å². The summed E-state index contributed by atoms with van der Waals surface area (Å²) in [5.74, 6) is -0.0498. The highest BCUT2D eigenvalue weighted by Crippen LogP contribution is 2.08. The summed E-state index contributed by atoms with van der Waals surface area (Å²) >= 11 is 0. The number of sulfonamides is 1. The van der Waals surface area contributed by atoms with Crippen LogP contribution in [0.15, 0.2) is 11.2 Å². The molecule has 0 amide bonds. The molecule has 1 N–H and O–H groups in total. The molecule has 0 fully saturated rings. The van der Waals surface area contributed by atoms with Gasteiger partial charge in [0.2, 0.25) is 0 Å². The summed E-state index contributed by atoms with van der Waals surface area (Å²) < 4.78 is 31.6. The highest BCUT2D eigenvalue weighted by molar-refractivity contribution is 7.89. The van der Waals surface area contributed by atoms with Gasteiger partial charge in [-0.3, -0.25) is 4.79 Å². The molecule has 1 aromatic heterocycles. The van der Waals surface area contributed by atoms with Gasteiger partial charge in [0.05, 0.1) is 7.11 Å². The third-order valence-corrected chi connectivity index (χ3v) is 3.48. The molecule has 0 aliphatic heterocycles. The molecule has 0 radical (unpaired) electrons. The number of ether oxygens (including phenoxy) is 1. The smallest absolute Gasteiger partial charge is 0.320 e. The van der Waals surface area contributed by atoms with Crippen molar-refractivity contribution in [2.75, 3.05) is 13.7 Å². The van der Waals surface area contributed by atoms with Gasteiger partial charge < -0.3 is 9.30 Å². The molecule has 1 aromatic rings. The molecule has 0 saturated heterocycles. The lowest BCUT2D eigenvalue weighted by atomic mass is 10.6. The number of hydrogen-bond acceptors (Lipinski definition) is 5. The Morgan fingerprint density at radius 3 is 2.71 bits per heavy atom. The minimum absolute atomic E-state index is 0.0965. The van der Waals surface area contributed by atoms with Crippen molar-refractivity contribution in [1.29, 1.82) is 0 Å². The molecule has 0 unspecified atom stereocenters. The van der Waals surface area contributed by atoms with Crippen LogP contribution in [0, 0.1) is 6.92 Å². The molecule has 0 aromatic carbocycles. The van der Waals surface area contributed by atoms with Gasteiger partial charge in [-0.15, -0.1) is 0 Å². The van der Waals surface area contributed by atoms with E-state index in [1.165, 1.54) is 13.3 Å². The van der Waals surface area contributed by atoms with Gasteiger partial charge in [0.25, 0.3) is 10.0 Å². The van der Waals surface area contributed by atoms with Gasteiger partial charge in [0, 0.05) is 12.7 Å². The second-order valence-electron chi connectivity index (χ2n) is 3.31. The van der Waals surface area contributed by atoms with E-state index >= 15 is 0 Å². The van der Waals surface area contributed by atoms with Crippen LogP contribution < -0.4 is 4.72 Å². The lowest BCUT2D eigenvalue weighted by Crippen LogP contribution is -2.30. The van der Waals surface area contributed by atoms with Gasteiger partial charge >= 0.3 is 5.97 Å². The minimum atomic E-state index is -3.76. The summed E-state index contributed by atoms with van der Waals surface area (Å²) in [5.41, 5.74) is 0. The summed E-state index contributed by atoms with van der Waals surface area (Å²) in [7, 11) is -2.57. The Kier molecular flexibility index (Phi) is 4.24. The largest absolute Gasteiger partial charge is 0.468 e. The summed E-state index contributed by atoms with van der Waals surface area (Å²) in [6.07, 6.45) is 1.43. The van der Waals surface area contributed by atoms with E-state index in [2.05, 4.69) is 14.4 Å². The fourth-order valence-corrected chi connectivity index (χ4v) is 2.20. The molecule has 7 nitrogen and oxygen atoms in total. The third kappa shape index (κ3) is 3.27. The second-order valence-corrected chi connectivity index (χ2v) is 5.03. The summed E-state index contributed by atoms with van der Waals surface area (Å²) in [5, 5.41) is -0.0965. The standard InChI is InChI=1S/C9H15N3O4S/c1-4-12-6-8(11-7(12)2)17(14,15)10-5-9(13)16-3/h6,10H,4-5H2,1-3H3. The average Bonchev–Trinajstić information content (AvgIpc) is 2.68. The number of hydrogen-bond donors (Lipinski definition) is 1. The van der Waals surface area contributed by atoms with Crippen molar-refractivity contribution in [3.63, 3.8) is 0 Å². The van der Waals surface area contributed by atoms with Crippen molar-refractivity contribution < 1.29 is 17.9 Å². The van der Waals surface area contributed by atoms with E-state index in [4.69, 9.17) is 0 Å². The SMILES string of the molecule is CCn1cc(S(=O)(=O)NCC(=O)OC)nc1C. The van der Waals surface area contributed by atoms with Crippen LogP contribution in [0.1, 0.15) is 12.7 Å². The van der Waals surface area contributed by atoms with E-state index in [1.807, 2.05) is 6.92 Å². The Hall–Kier alpha value is -1.41. The number of nitrogens with one attached hydrogen (secondary N) is 1. The number of aromatic nitrogens is 2. The normalized spacial score (nSPS) is 11.5. The van der Waals surface area contributed by atoms with E-state index < -0.39 is 22.5 Å². The minimum Gasteiger partial charge on any atom is -0.468 e. The fraction of sp³-hybridized carbons (Fsp3) is 0.556. The molecule has 1 rings (SSSR count). The number of methoxy groups -OCH3 is 1. The Morgan fingerprint density at radius 2 is 2.24 bits per heavy atom. The average molecular weight is 261 g/mol. The maximum atomic E-state index is 11.7. The summed E-state index contributed by atoms with van der Waals surface area (Å²) in [6.45, 7) is 3.82. The Morgan fingerprint density at radius 1 is 1.59 bits per heavy atom. The van der Waals surface area contributed by atoms with Crippen molar-refractivity contribution in [3.8, 4) is 0 Å². The number of rotatable bonds is 5. The molecule has 0 bridgehead atoms. The Bertz CT molecular complexity index is 506. The second kappa shape index (κ2) is 5.28. The molecule has 0 saturated carbocycles. The predicted octanol–water partition coefficient (Wildman–Crippen LogP) is -0.337. The topological polar surface area (TPSA) is 90.3 Å². The number of aryl methyl sites for hydroxylation is 2. The lowest BCUT2D eigenvalue weighted by molar-refractivity contribution is -0.139. The first-order valence-corrected chi connectivity index (χ1v) is 6.49. The molecule has 96 valence electrons. The number of carbonyl (C=O) groups is 1. The number of imidazole rings is 1. The quantitative estimate of drug-likeness (QED) is 0.732. The van der Waals surface area contributed by atoms with E-state index in [0.717, 1.165) is 0 Å². The molecule has 0 spiro atoms. The number of esters is 1. The first kappa shape index (κ1) is 13.7. The third-order valence-electron chi connectivity index (χ3n) is 2.20. The molecule has 0 aliphatic rings. The number of nitrogens with zero attached hydrogens (tertiary/aromatic N) is 2. The van der Waals surface area contributed by atoms with Crippen LogP contribution in [0.4, 0.5) is 0 Å². The van der Waals surface area contributed by atoms with Crippen molar-refractivity contribution in [3.05, 3.63) is 12.0 Å².